The summed E-state index contributed by atoms with van der Waals surface area (Å²) in [5.41, 5.74) is 1.49. The molecule has 0 aliphatic carbocycles. The quantitative estimate of drug-likeness (QED) is 0.944. The number of hydrogen-bond acceptors (Lipinski definition) is 3. The summed E-state index contributed by atoms with van der Waals surface area (Å²) < 4.78 is 25.4. The summed E-state index contributed by atoms with van der Waals surface area (Å²) in [6.45, 7) is 5.76. The highest BCUT2D eigenvalue weighted by molar-refractivity contribution is 7.90. The monoisotopic (exact) mass is 295 g/mol. The van der Waals surface area contributed by atoms with Crippen molar-refractivity contribution in [2.45, 2.75) is 31.7 Å². The molecule has 0 radical (unpaired) electrons. The van der Waals surface area contributed by atoms with Crippen LogP contribution in [0.3, 0.4) is 0 Å². The van der Waals surface area contributed by atoms with Gasteiger partial charge in [0.1, 0.15) is 0 Å². The Morgan fingerprint density at radius 2 is 1.90 bits per heavy atom. The fourth-order valence-electron chi connectivity index (χ4n) is 2.37. The van der Waals surface area contributed by atoms with Crippen LogP contribution >= 0.6 is 0 Å². The SMILES string of the molecule is Cc1cn(C(C)C)c2cc(S(C)(=O)=O)cc(C(=O)O)c12. The van der Waals surface area contributed by atoms with Crippen LogP contribution in [0.1, 0.15) is 35.8 Å². The van der Waals surface area contributed by atoms with Crippen LogP contribution in [-0.4, -0.2) is 30.3 Å². The van der Waals surface area contributed by atoms with Gasteiger partial charge in [-0.2, -0.15) is 0 Å². The third-order valence-corrected chi connectivity index (χ3v) is 4.40. The molecule has 6 heteroatoms. The minimum atomic E-state index is -3.46. The van der Waals surface area contributed by atoms with E-state index in [1.54, 1.807) is 6.07 Å². The van der Waals surface area contributed by atoms with E-state index < -0.39 is 15.8 Å². The van der Waals surface area contributed by atoms with Crippen molar-refractivity contribution >= 4 is 26.7 Å². The Labute approximate surface area is 117 Å². The molecule has 1 heterocycles. The molecule has 1 N–H and O–H groups in total. The minimum absolute atomic E-state index is 0.0276. The maximum absolute atomic E-state index is 11.7. The third kappa shape index (κ3) is 2.31. The first-order chi connectivity index (χ1) is 9.12. The molecule has 108 valence electrons. The van der Waals surface area contributed by atoms with Gasteiger partial charge in [0.2, 0.25) is 0 Å². The van der Waals surface area contributed by atoms with Crippen LogP contribution in [0.4, 0.5) is 0 Å². The lowest BCUT2D eigenvalue weighted by Crippen LogP contribution is -2.05. The largest absolute Gasteiger partial charge is 0.478 e. The fraction of sp³-hybridized carbons (Fsp3) is 0.357. The van der Waals surface area contributed by atoms with Gasteiger partial charge < -0.3 is 9.67 Å². The number of carbonyl (C=O) groups is 1. The van der Waals surface area contributed by atoms with Crippen molar-refractivity contribution in [1.82, 2.24) is 4.57 Å². The van der Waals surface area contributed by atoms with Crippen LogP contribution in [0.15, 0.2) is 23.2 Å². The minimum Gasteiger partial charge on any atom is -0.478 e. The Kier molecular flexibility index (Phi) is 3.37. The molecule has 0 aliphatic heterocycles. The van der Waals surface area contributed by atoms with Gasteiger partial charge in [-0.3, -0.25) is 0 Å². The Bertz CT molecular complexity index is 800. The Balaban J connectivity index is 2.99. The zero-order valence-electron chi connectivity index (χ0n) is 11.8. The summed E-state index contributed by atoms with van der Waals surface area (Å²) in [6, 6.07) is 2.89. The smallest absolute Gasteiger partial charge is 0.336 e. The summed E-state index contributed by atoms with van der Waals surface area (Å²) in [5, 5.41) is 9.94. The first-order valence-corrected chi connectivity index (χ1v) is 8.10. The zero-order valence-corrected chi connectivity index (χ0v) is 12.7. The van der Waals surface area contributed by atoms with Crippen molar-refractivity contribution in [1.29, 1.82) is 0 Å². The predicted octanol–water partition coefficient (Wildman–Crippen LogP) is 2.63. The molecule has 0 atom stereocenters. The van der Waals surface area contributed by atoms with Crippen molar-refractivity contribution in [3.8, 4) is 0 Å². The molecule has 0 bridgehead atoms. The van der Waals surface area contributed by atoms with Crippen LogP contribution in [0, 0.1) is 6.92 Å². The van der Waals surface area contributed by atoms with Gasteiger partial charge in [0.05, 0.1) is 16.0 Å². The van der Waals surface area contributed by atoms with Gasteiger partial charge in [-0.05, 0) is 38.5 Å². The number of carboxylic acid groups (broad SMARTS) is 1. The first-order valence-electron chi connectivity index (χ1n) is 6.21. The molecule has 0 amide bonds. The van der Waals surface area contributed by atoms with E-state index in [9.17, 15) is 18.3 Å². The second kappa shape index (κ2) is 4.63. The molecule has 1 aromatic heterocycles. The average Bonchev–Trinajstić information content (AvgIpc) is 2.65. The summed E-state index contributed by atoms with van der Waals surface area (Å²) in [6.07, 6.45) is 2.93. The standard InChI is InChI=1S/C14H17NO4S/c1-8(2)15-7-9(3)13-11(14(16)17)5-10(6-12(13)15)20(4,18)19/h5-8H,1-4H3,(H,16,17). The van der Waals surface area contributed by atoms with Gasteiger partial charge >= 0.3 is 5.97 Å². The zero-order chi connectivity index (χ0) is 15.2. The molecule has 0 saturated heterocycles. The number of aryl methyl sites for hydroxylation is 1. The summed E-state index contributed by atoms with van der Waals surface area (Å²) in [7, 11) is -3.46. The lowest BCUT2D eigenvalue weighted by atomic mass is 10.1. The Hall–Kier alpha value is -1.82. The number of carboxylic acids is 1. The fourth-order valence-corrected chi connectivity index (χ4v) is 3.03. The topological polar surface area (TPSA) is 76.4 Å². The summed E-state index contributed by atoms with van der Waals surface area (Å²) in [4.78, 5) is 11.5. The van der Waals surface area contributed by atoms with Crippen molar-refractivity contribution < 1.29 is 18.3 Å². The molecule has 20 heavy (non-hydrogen) atoms. The Morgan fingerprint density at radius 1 is 1.30 bits per heavy atom. The van der Waals surface area contributed by atoms with Crippen molar-refractivity contribution in [2.75, 3.05) is 6.26 Å². The van der Waals surface area contributed by atoms with Crippen LogP contribution in [-0.2, 0) is 9.84 Å². The number of benzene rings is 1. The molecule has 0 aliphatic rings. The number of hydrogen-bond donors (Lipinski definition) is 1. The third-order valence-electron chi connectivity index (χ3n) is 3.31. The molecule has 0 fully saturated rings. The van der Waals surface area contributed by atoms with Crippen molar-refractivity contribution in [2.24, 2.45) is 0 Å². The molecule has 1 aromatic carbocycles. The molecule has 2 aromatic rings. The highest BCUT2D eigenvalue weighted by atomic mass is 32.2. The van der Waals surface area contributed by atoms with Gasteiger partial charge in [0, 0.05) is 23.9 Å². The number of sulfone groups is 1. The number of aromatic nitrogens is 1. The number of nitrogens with zero attached hydrogens (tertiary/aromatic N) is 1. The van der Waals surface area contributed by atoms with Gasteiger partial charge in [-0.25, -0.2) is 13.2 Å². The molecule has 5 nitrogen and oxygen atoms in total. The van der Waals surface area contributed by atoms with Gasteiger partial charge in [0.15, 0.2) is 9.84 Å². The molecular weight excluding hydrogens is 278 g/mol. The van der Waals surface area contributed by atoms with E-state index in [2.05, 4.69) is 0 Å². The lowest BCUT2D eigenvalue weighted by molar-refractivity contribution is 0.0698. The van der Waals surface area contributed by atoms with E-state index in [1.165, 1.54) is 6.07 Å². The van der Waals surface area contributed by atoms with E-state index in [1.807, 2.05) is 31.5 Å². The molecule has 0 spiro atoms. The molecule has 2 rings (SSSR count). The highest BCUT2D eigenvalue weighted by Crippen LogP contribution is 2.30. The van der Waals surface area contributed by atoms with Gasteiger partial charge in [0.25, 0.3) is 0 Å². The van der Waals surface area contributed by atoms with Crippen molar-refractivity contribution in [3.63, 3.8) is 0 Å². The maximum Gasteiger partial charge on any atom is 0.336 e. The summed E-state index contributed by atoms with van der Waals surface area (Å²) >= 11 is 0. The first kappa shape index (κ1) is 14.6. The van der Waals surface area contributed by atoms with E-state index >= 15 is 0 Å². The van der Waals surface area contributed by atoms with Crippen LogP contribution in [0.5, 0.6) is 0 Å². The molecule has 0 unspecified atom stereocenters. The number of fused-ring (bicyclic) bond motifs is 1. The number of aromatic carboxylic acids is 1. The average molecular weight is 295 g/mol. The van der Waals surface area contributed by atoms with E-state index in [-0.39, 0.29) is 16.5 Å². The summed E-state index contributed by atoms with van der Waals surface area (Å²) in [5.74, 6) is -1.12. The number of rotatable bonds is 3. The van der Waals surface area contributed by atoms with E-state index in [0.717, 1.165) is 11.8 Å². The van der Waals surface area contributed by atoms with Gasteiger partial charge in [-0.1, -0.05) is 0 Å². The van der Waals surface area contributed by atoms with Crippen LogP contribution < -0.4 is 0 Å². The van der Waals surface area contributed by atoms with E-state index in [0.29, 0.717) is 10.9 Å². The van der Waals surface area contributed by atoms with Gasteiger partial charge in [-0.15, -0.1) is 0 Å². The second-order valence-corrected chi connectivity index (χ2v) is 7.27. The van der Waals surface area contributed by atoms with Crippen LogP contribution in [0.25, 0.3) is 10.9 Å². The van der Waals surface area contributed by atoms with Crippen LogP contribution in [0.2, 0.25) is 0 Å². The van der Waals surface area contributed by atoms with Crippen molar-refractivity contribution in [3.05, 3.63) is 29.5 Å². The molecule has 0 saturated carbocycles. The highest BCUT2D eigenvalue weighted by Gasteiger charge is 2.20. The van der Waals surface area contributed by atoms with E-state index in [4.69, 9.17) is 0 Å². The molecular formula is C14H17NO4S. The second-order valence-electron chi connectivity index (χ2n) is 5.26. The lowest BCUT2D eigenvalue weighted by Gasteiger charge is -2.11. The normalized spacial score (nSPS) is 12.2. The predicted molar refractivity (Wildman–Crippen MR) is 77.1 cm³/mol. The maximum atomic E-state index is 11.7. The Morgan fingerprint density at radius 3 is 2.35 bits per heavy atom.